The molecule has 0 spiro atoms. The highest BCUT2D eigenvalue weighted by Gasteiger charge is 2.29. The van der Waals surface area contributed by atoms with E-state index in [0.717, 1.165) is 12.3 Å². The Morgan fingerprint density at radius 1 is 1.67 bits per heavy atom. The van der Waals surface area contributed by atoms with E-state index in [0.29, 0.717) is 5.92 Å². The summed E-state index contributed by atoms with van der Waals surface area (Å²) in [4.78, 5) is 0. The molecule has 1 N–H and O–H groups in total. The molecule has 0 heterocycles. The fourth-order valence-corrected chi connectivity index (χ4v) is 1.10. The summed E-state index contributed by atoms with van der Waals surface area (Å²) in [6, 6.07) is 0. The predicted octanol–water partition coefficient (Wildman–Crippen LogP) is 1.03. The Kier molecular flexibility index (Phi) is 2.13. The summed E-state index contributed by atoms with van der Waals surface area (Å²) in [6.07, 6.45) is 8.40. The largest absolute Gasteiger partial charge is 0.396 e. The van der Waals surface area contributed by atoms with Gasteiger partial charge in [0.2, 0.25) is 0 Å². The summed E-state index contributed by atoms with van der Waals surface area (Å²) in [6.45, 7) is 0.273. The van der Waals surface area contributed by atoms with E-state index in [9.17, 15) is 0 Å². The Labute approximate surface area is 56.1 Å². The lowest BCUT2D eigenvalue weighted by Gasteiger charge is -2.06. The fourth-order valence-electron chi connectivity index (χ4n) is 1.10. The molecule has 1 aliphatic carbocycles. The molecule has 1 aliphatic rings. The van der Waals surface area contributed by atoms with Gasteiger partial charge in [0, 0.05) is 13.0 Å². The van der Waals surface area contributed by atoms with Crippen molar-refractivity contribution in [2.45, 2.75) is 19.3 Å². The van der Waals surface area contributed by atoms with Crippen molar-refractivity contribution in [3.8, 4) is 12.3 Å². The molecule has 9 heavy (non-hydrogen) atoms. The van der Waals surface area contributed by atoms with Crippen molar-refractivity contribution in [2.24, 2.45) is 11.8 Å². The highest BCUT2D eigenvalue weighted by molar-refractivity contribution is 4.92. The number of aliphatic hydroxyl groups is 1. The lowest BCUT2D eigenvalue weighted by Crippen LogP contribution is -2.06. The van der Waals surface area contributed by atoms with E-state index < -0.39 is 0 Å². The first-order valence-corrected chi connectivity index (χ1v) is 3.42. The van der Waals surface area contributed by atoms with E-state index in [4.69, 9.17) is 11.5 Å². The van der Waals surface area contributed by atoms with E-state index in [2.05, 4.69) is 5.92 Å². The van der Waals surface area contributed by atoms with E-state index in [-0.39, 0.29) is 6.61 Å². The number of terminal acetylenes is 1. The first-order valence-electron chi connectivity index (χ1n) is 3.42. The average Bonchev–Trinajstić information content (AvgIpc) is 2.64. The van der Waals surface area contributed by atoms with E-state index >= 15 is 0 Å². The van der Waals surface area contributed by atoms with Gasteiger partial charge >= 0.3 is 0 Å². The second-order valence-corrected chi connectivity index (χ2v) is 2.69. The molecule has 1 rings (SSSR count). The van der Waals surface area contributed by atoms with Gasteiger partial charge in [0.05, 0.1) is 0 Å². The summed E-state index contributed by atoms with van der Waals surface area (Å²) < 4.78 is 0. The van der Waals surface area contributed by atoms with Gasteiger partial charge in [-0.15, -0.1) is 12.3 Å². The van der Waals surface area contributed by atoms with Gasteiger partial charge in [-0.2, -0.15) is 0 Å². The molecule has 1 unspecified atom stereocenters. The number of rotatable bonds is 3. The third-order valence-electron chi connectivity index (χ3n) is 1.90. The summed E-state index contributed by atoms with van der Waals surface area (Å²) in [5, 5.41) is 8.77. The van der Waals surface area contributed by atoms with Crippen LogP contribution in [0.1, 0.15) is 19.3 Å². The normalized spacial score (nSPS) is 20.9. The Hall–Kier alpha value is -0.480. The second-order valence-electron chi connectivity index (χ2n) is 2.69. The zero-order valence-corrected chi connectivity index (χ0v) is 5.51. The van der Waals surface area contributed by atoms with Crippen molar-refractivity contribution in [3.05, 3.63) is 0 Å². The minimum atomic E-state index is 0.273. The molecule has 0 bridgehead atoms. The van der Waals surface area contributed by atoms with Crippen LogP contribution in [0.25, 0.3) is 0 Å². The second kappa shape index (κ2) is 2.89. The maximum Gasteiger partial charge on any atom is 0.0471 e. The van der Waals surface area contributed by atoms with E-state index in [1.165, 1.54) is 12.8 Å². The van der Waals surface area contributed by atoms with Crippen molar-refractivity contribution in [3.63, 3.8) is 0 Å². The van der Waals surface area contributed by atoms with Crippen LogP contribution in [0, 0.1) is 24.2 Å². The molecule has 0 aromatic rings. The first kappa shape index (κ1) is 6.64. The number of hydrogen-bond acceptors (Lipinski definition) is 1. The fraction of sp³-hybridized carbons (Fsp3) is 0.750. The first-order chi connectivity index (χ1) is 4.38. The van der Waals surface area contributed by atoms with Gasteiger partial charge in [-0.05, 0) is 24.7 Å². The van der Waals surface area contributed by atoms with Crippen LogP contribution in [0.15, 0.2) is 0 Å². The summed E-state index contributed by atoms with van der Waals surface area (Å²) in [5.41, 5.74) is 0. The van der Waals surface area contributed by atoms with Crippen LogP contribution in [0.5, 0.6) is 0 Å². The van der Waals surface area contributed by atoms with Crippen molar-refractivity contribution in [2.75, 3.05) is 6.61 Å². The van der Waals surface area contributed by atoms with Crippen molar-refractivity contribution >= 4 is 0 Å². The number of aliphatic hydroxyl groups excluding tert-OH is 1. The van der Waals surface area contributed by atoms with E-state index in [1.54, 1.807) is 0 Å². The average molecular weight is 124 g/mol. The zero-order chi connectivity index (χ0) is 6.69. The molecule has 0 aliphatic heterocycles. The van der Waals surface area contributed by atoms with Gasteiger partial charge < -0.3 is 5.11 Å². The number of hydrogen-bond donors (Lipinski definition) is 1. The van der Waals surface area contributed by atoms with Crippen LogP contribution in [0.2, 0.25) is 0 Å². The monoisotopic (exact) mass is 124 g/mol. The van der Waals surface area contributed by atoms with Gasteiger partial charge in [-0.25, -0.2) is 0 Å². The molecular weight excluding hydrogens is 112 g/mol. The molecule has 0 radical (unpaired) electrons. The van der Waals surface area contributed by atoms with Gasteiger partial charge in [0.25, 0.3) is 0 Å². The van der Waals surface area contributed by atoms with Crippen LogP contribution in [0.4, 0.5) is 0 Å². The molecule has 50 valence electrons. The van der Waals surface area contributed by atoms with Crippen molar-refractivity contribution < 1.29 is 5.11 Å². The summed E-state index contributed by atoms with van der Waals surface area (Å²) in [5.74, 6) is 3.72. The van der Waals surface area contributed by atoms with Crippen LogP contribution in [0.3, 0.4) is 0 Å². The molecule has 0 saturated heterocycles. The zero-order valence-electron chi connectivity index (χ0n) is 5.51. The Balaban J connectivity index is 2.22. The highest BCUT2D eigenvalue weighted by Crippen LogP contribution is 2.37. The molecular formula is C8H12O. The molecule has 0 amide bonds. The Morgan fingerprint density at radius 3 is 2.67 bits per heavy atom. The highest BCUT2D eigenvalue weighted by atomic mass is 16.3. The van der Waals surface area contributed by atoms with Gasteiger partial charge in [-0.3, -0.25) is 0 Å². The quantitative estimate of drug-likeness (QED) is 0.557. The lowest BCUT2D eigenvalue weighted by molar-refractivity contribution is 0.213. The maximum atomic E-state index is 8.77. The molecule has 1 saturated carbocycles. The van der Waals surface area contributed by atoms with Crippen LogP contribution >= 0.6 is 0 Å². The molecule has 1 fully saturated rings. The van der Waals surface area contributed by atoms with Gasteiger partial charge in [0.15, 0.2) is 0 Å². The molecule has 0 aromatic heterocycles. The summed E-state index contributed by atoms with van der Waals surface area (Å²) in [7, 11) is 0. The van der Waals surface area contributed by atoms with E-state index in [1.807, 2.05) is 0 Å². The topological polar surface area (TPSA) is 20.2 Å². The molecule has 1 heteroatoms. The van der Waals surface area contributed by atoms with Crippen LogP contribution < -0.4 is 0 Å². The molecule has 0 aromatic carbocycles. The van der Waals surface area contributed by atoms with Crippen LogP contribution in [-0.2, 0) is 0 Å². The third kappa shape index (κ3) is 1.73. The Bertz CT molecular complexity index is 119. The lowest BCUT2D eigenvalue weighted by atomic mass is 10.0. The van der Waals surface area contributed by atoms with Crippen molar-refractivity contribution in [1.82, 2.24) is 0 Å². The molecule has 1 atom stereocenters. The predicted molar refractivity (Wildman–Crippen MR) is 36.7 cm³/mol. The third-order valence-corrected chi connectivity index (χ3v) is 1.90. The molecule has 1 nitrogen and oxygen atoms in total. The van der Waals surface area contributed by atoms with Crippen LogP contribution in [-0.4, -0.2) is 11.7 Å². The van der Waals surface area contributed by atoms with Gasteiger partial charge in [0.1, 0.15) is 0 Å². The standard InChI is InChI=1S/C8H12O/c1-2-3-8(6-9)7-4-5-7/h1,7-9H,3-6H2. The minimum absolute atomic E-state index is 0.273. The minimum Gasteiger partial charge on any atom is -0.396 e. The maximum absolute atomic E-state index is 8.77. The van der Waals surface area contributed by atoms with Gasteiger partial charge in [-0.1, -0.05) is 0 Å². The smallest absolute Gasteiger partial charge is 0.0471 e. The Morgan fingerprint density at radius 2 is 2.33 bits per heavy atom. The SMILES string of the molecule is C#CCC(CO)C1CC1. The summed E-state index contributed by atoms with van der Waals surface area (Å²) >= 11 is 0. The van der Waals surface area contributed by atoms with Crippen molar-refractivity contribution in [1.29, 1.82) is 0 Å².